The molecule has 0 saturated carbocycles. The zero-order valence-electron chi connectivity index (χ0n) is 20.7. The molecule has 0 spiro atoms. The van der Waals surface area contributed by atoms with Gasteiger partial charge in [0, 0.05) is 22.4 Å². The fraction of sp³-hybridized carbons (Fsp3) is 0. The van der Waals surface area contributed by atoms with Gasteiger partial charge < -0.3 is 29.9 Å². The number of carboxylic acids is 2. The van der Waals surface area contributed by atoms with Crippen LogP contribution in [0.25, 0.3) is 11.1 Å². The van der Waals surface area contributed by atoms with Crippen LogP contribution in [0.2, 0.25) is 0 Å². The van der Waals surface area contributed by atoms with Gasteiger partial charge in [-0.15, -0.1) is 0 Å². The third kappa shape index (κ3) is 7.88. The van der Waals surface area contributed by atoms with Gasteiger partial charge in [-0.3, -0.25) is 4.79 Å². The molecule has 0 radical (unpaired) electrons. The van der Waals surface area contributed by atoms with Crippen LogP contribution in [0, 0.1) is 0 Å². The van der Waals surface area contributed by atoms with Gasteiger partial charge in [-0.2, -0.15) is 0 Å². The van der Waals surface area contributed by atoms with Crippen molar-refractivity contribution in [3.8, 4) is 16.9 Å². The van der Waals surface area contributed by atoms with Crippen LogP contribution in [-0.2, 0) is 0 Å². The summed E-state index contributed by atoms with van der Waals surface area (Å²) in [7, 11) is 0. The normalized spacial score (nSPS) is 10.1. The molecule has 0 unspecified atom stereocenters. The maximum atomic E-state index is 12.4. The molecule has 4 rings (SSSR count). The van der Waals surface area contributed by atoms with Gasteiger partial charge in [0.1, 0.15) is 5.75 Å². The van der Waals surface area contributed by atoms with E-state index in [-0.39, 0.29) is 92.7 Å². The van der Waals surface area contributed by atoms with Crippen molar-refractivity contribution < 1.29 is 88.4 Å². The number of carbonyl (C=O) groups is 3. The van der Waals surface area contributed by atoms with Crippen LogP contribution in [0.15, 0.2) is 102 Å². The maximum Gasteiger partial charge on any atom is 1.00 e. The Balaban J connectivity index is 0.00000253. The van der Waals surface area contributed by atoms with Crippen molar-refractivity contribution in [2.75, 3.05) is 5.32 Å². The van der Waals surface area contributed by atoms with E-state index in [0.29, 0.717) is 11.3 Å². The number of hydrogen-bond acceptors (Lipinski definition) is 7. The van der Waals surface area contributed by atoms with Crippen LogP contribution >= 0.6 is 0 Å². The Morgan fingerprint density at radius 2 is 1.26 bits per heavy atom. The molecule has 8 nitrogen and oxygen atoms in total. The average molecular weight is 524 g/mol. The first-order valence-corrected chi connectivity index (χ1v) is 10.7. The van der Waals surface area contributed by atoms with E-state index in [9.17, 15) is 24.6 Å². The summed E-state index contributed by atoms with van der Waals surface area (Å²) < 4.78 is 5.38. The molecular formula is C28H18N2Na2O6. The fourth-order valence-electron chi connectivity index (χ4n) is 3.48. The molecule has 0 aliphatic heterocycles. The van der Waals surface area contributed by atoms with E-state index < -0.39 is 17.8 Å². The minimum absolute atomic E-state index is 0. The molecule has 1 amide bonds. The molecule has 1 N–H and O–H groups in total. The molecule has 0 bridgehead atoms. The number of aromatic carboxylic acids is 2. The van der Waals surface area contributed by atoms with Crippen LogP contribution in [0.4, 0.5) is 11.4 Å². The maximum absolute atomic E-state index is 12.4. The summed E-state index contributed by atoms with van der Waals surface area (Å²) in [4.78, 5) is 40.3. The van der Waals surface area contributed by atoms with Gasteiger partial charge in [0.25, 0.3) is 5.91 Å². The molecule has 0 aliphatic carbocycles. The van der Waals surface area contributed by atoms with Gasteiger partial charge in [-0.1, -0.05) is 48.5 Å². The molecule has 0 fully saturated rings. The van der Waals surface area contributed by atoms with Gasteiger partial charge in [0.05, 0.1) is 17.6 Å². The van der Waals surface area contributed by atoms with Gasteiger partial charge in [-0.05, 0) is 59.7 Å². The topological polar surface area (TPSA) is 131 Å². The predicted molar refractivity (Wildman–Crippen MR) is 130 cm³/mol. The number of benzene rings is 4. The van der Waals surface area contributed by atoms with Gasteiger partial charge >= 0.3 is 59.1 Å². The van der Waals surface area contributed by atoms with Crippen LogP contribution in [-0.4, -0.2) is 24.2 Å². The number of aliphatic imine (C=N–C) groups is 1. The zero-order chi connectivity index (χ0) is 25.5. The minimum Gasteiger partial charge on any atom is -0.545 e. The first-order valence-electron chi connectivity index (χ1n) is 10.7. The van der Waals surface area contributed by atoms with Gasteiger partial charge in [0.15, 0.2) is 6.40 Å². The number of amides is 1. The summed E-state index contributed by atoms with van der Waals surface area (Å²) in [6.45, 7) is 0. The van der Waals surface area contributed by atoms with Crippen molar-refractivity contribution in [1.82, 2.24) is 0 Å². The Morgan fingerprint density at radius 1 is 0.711 bits per heavy atom. The van der Waals surface area contributed by atoms with Gasteiger partial charge in [-0.25, -0.2) is 4.99 Å². The Bertz CT molecular complexity index is 1460. The van der Waals surface area contributed by atoms with Crippen LogP contribution in [0.3, 0.4) is 0 Å². The molecule has 0 heterocycles. The summed E-state index contributed by atoms with van der Waals surface area (Å²) in [5, 5.41) is 26.4. The first kappa shape index (κ1) is 31.0. The zero-order valence-corrected chi connectivity index (χ0v) is 24.7. The van der Waals surface area contributed by atoms with Crippen LogP contribution in [0.1, 0.15) is 31.1 Å². The molecule has 0 atom stereocenters. The number of carboxylic acid groups (broad SMARTS) is 2. The number of hydrogen-bond donors (Lipinski definition) is 1. The fourth-order valence-corrected chi connectivity index (χ4v) is 3.48. The van der Waals surface area contributed by atoms with E-state index in [1.54, 1.807) is 54.6 Å². The summed E-state index contributed by atoms with van der Waals surface area (Å²) in [6.07, 6.45) is 1.17. The van der Waals surface area contributed by atoms with E-state index in [0.717, 1.165) is 0 Å². The van der Waals surface area contributed by atoms with E-state index in [1.807, 2.05) is 6.07 Å². The molecule has 4 aromatic carbocycles. The van der Waals surface area contributed by atoms with E-state index in [1.165, 1.54) is 42.8 Å². The number of carbonyl (C=O) groups excluding carboxylic acids is 3. The number of para-hydroxylation sites is 1. The van der Waals surface area contributed by atoms with Crippen molar-refractivity contribution in [3.05, 3.63) is 114 Å². The van der Waals surface area contributed by atoms with Crippen molar-refractivity contribution in [1.29, 1.82) is 0 Å². The van der Waals surface area contributed by atoms with E-state index in [4.69, 9.17) is 4.74 Å². The largest absolute Gasteiger partial charge is 1.00 e. The molecule has 0 aliphatic rings. The van der Waals surface area contributed by atoms with Gasteiger partial charge in [0.2, 0.25) is 0 Å². The van der Waals surface area contributed by atoms with Crippen molar-refractivity contribution in [2.24, 2.45) is 4.99 Å². The third-order valence-corrected chi connectivity index (χ3v) is 5.18. The Morgan fingerprint density at radius 3 is 1.87 bits per heavy atom. The minimum atomic E-state index is -1.54. The second-order valence-electron chi connectivity index (χ2n) is 7.55. The number of anilines is 1. The predicted octanol–water partition coefficient (Wildman–Crippen LogP) is -2.92. The van der Waals surface area contributed by atoms with Crippen molar-refractivity contribution in [3.63, 3.8) is 0 Å². The van der Waals surface area contributed by atoms with E-state index >= 15 is 0 Å². The van der Waals surface area contributed by atoms with Crippen LogP contribution in [0.5, 0.6) is 5.75 Å². The number of nitrogens with one attached hydrogen (secondary N) is 1. The second kappa shape index (κ2) is 14.6. The molecule has 4 aromatic rings. The molecule has 0 saturated heterocycles. The molecule has 38 heavy (non-hydrogen) atoms. The number of ether oxygens (including phenoxy) is 1. The summed E-state index contributed by atoms with van der Waals surface area (Å²) in [6, 6.07) is 25.5. The Labute approximate surface area is 263 Å². The molecule has 10 heteroatoms. The molecule has 178 valence electrons. The second-order valence-corrected chi connectivity index (χ2v) is 7.55. The Kier molecular flexibility index (Phi) is 11.9. The summed E-state index contributed by atoms with van der Waals surface area (Å²) >= 11 is 0. The molecular weight excluding hydrogens is 506 g/mol. The van der Waals surface area contributed by atoms with Crippen molar-refractivity contribution >= 4 is 35.6 Å². The summed E-state index contributed by atoms with van der Waals surface area (Å²) in [5.74, 6) is -2.93. The SMILES string of the molecule is O=C(Nc1ccc(-c2ccc(N=COc3ccccc3)cc2C(=O)[O-])c(C(=O)[O-])c1)c1ccccc1.[Na+].[Na+]. The average Bonchev–Trinajstić information content (AvgIpc) is 2.89. The van der Waals surface area contributed by atoms with E-state index in [2.05, 4.69) is 10.3 Å². The number of rotatable bonds is 8. The van der Waals surface area contributed by atoms with Crippen LogP contribution < -0.4 is 79.4 Å². The summed E-state index contributed by atoms with van der Waals surface area (Å²) in [5.41, 5.74) is 0.473. The number of nitrogens with zero attached hydrogens (tertiary/aromatic N) is 1. The quantitative estimate of drug-likeness (QED) is 0.149. The molecule has 0 aromatic heterocycles. The standard InChI is InChI=1S/C28H20N2O6.2Na/c31-26(18-7-3-1-4-8-18)30-20-12-14-23(25(16-20)28(34)35)22-13-11-19(15-24(22)27(32)33)29-17-36-21-9-5-2-6-10-21;;/h1-17H,(H,30,31)(H,32,33)(H,34,35);;/q;2*+1/p-2. The monoisotopic (exact) mass is 524 g/mol. The first-order chi connectivity index (χ1) is 17.4. The third-order valence-electron chi connectivity index (χ3n) is 5.18. The van der Waals surface area contributed by atoms with Crippen molar-refractivity contribution in [2.45, 2.75) is 0 Å². The Hall–Kier alpha value is -3.24. The smallest absolute Gasteiger partial charge is 0.545 e.